The fourth-order valence-corrected chi connectivity index (χ4v) is 2.90. The molecule has 0 radical (unpaired) electrons. The summed E-state index contributed by atoms with van der Waals surface area (Å²) in [5.41, 5.74) is 4.96. The third-order valence-electron chi connectivity index (χ3n) is 4.14. The van der Waals surface area contributed by atoms with Gasteiger partial charge in [-0.05, 0) is 24.3 Å². The summed E-state index contributed by atoms with van der Waals surface area (Å²) in [6.07, 6.45) is -4.38. The lowest BCUT2D eigenvalue weighted by Gasteiger charge is -2.37. The van der Waals surface area contributed by atoms with E-state index < -0.39 is 17.6 Å². The van der Waals surface area contributed by atoms with Crippen molar-refractivity contribution in [3.8, 4) is 0 Å². The number of anilines is 2. The number of nitrogens with zero attached hydrogens (tertiary/aromatic N) is 3. The smallest absolute Gasteiger partial charge is 0.367 e. The van der Waals surface area contributed by atoms with E-state index in [0.717, 1.165) is 6.07 Å². The number of primary amides is 1. The highest BCUT2D eigenvalue weighted by Gasteiger charge is 2.35. The number of aromatic nitrogens is 1. The zero-order valence-corrected chi connectivity index (χ0v) is 13.3. The van der Waals surface area contributed by atoms with Gasteiger partial charge in [0.1, 0.15) is 11.5 Å². The van der Waals surface area contributed by atoms with E-state index in [4.69, 9.17) is 5.73 Å². The summed E-state index contributed by atoms with van der Waals surface area (Å²) in [4.78, 5) is 19.1. The third-order valence-corrected chi connectivity index (χ3v) is 4.14. The summed E-state index contributed by atoms with van der Waals surface area (Å²) in [6.45, 7) is 1.86. The molecular weight excluding hydrogens is 333 g/mol. The van der Waals surface area contributed by atoms with Crippen molar-refractivity contribution in [3.05, 3.63) is 53.7 Å². The summed E-state index contributed by atoms with van der Waals surface area (Å²) in [6, 6.07) is 10.6. The number of piperazine rings is 1. The highest BCUT2D eigenvalue weighted by Crippen LogP contribution is 2.36. The highest BCUT2D eigenvalue weighted by atomic mass is 19.4. The number of para-hydroxylation sites is 1. The van der Waals surface area contributed by atoms with Crippen molar-refractivity contribution < 1.29 is 18.0 Å². The van der Waals surface area contributed by atoms with Crippen LogP contribution in [0, 0.1) is 0 Å². The van der Waals surface area contributed by atoms with Gasteiger partial charge in [-0.15, -0.1) is 0 Å². The van der Waals surface area contributed by atoms with Gasteiger partial charge in [0, 0.05) is 31.9 Å². The number of halogens is 3. The molecule has 132 valence electrons. The van der Waals surface area contributed by atoms with Crippen LogP contribution in [-0.2, 0) is 6.18 Å². The Hall–Kier alpha value is -2.77. The molecule has 0 saturated carbocycles. The van der Waals surface area contributed by atoms with Crippen LogP contribution in [0.2, 0.25) is 0 Å². The van der Waals surface area contributed by atoms with Crippen molar-refractivity contribution in [2.24, 2.45) is 5.73 Å². The molecule has 1 aromatic carbocycles. The molecule has 1 aromatic heterocycles. The Morgan fingerprint density at radius 2 is 1.60 bits per heavy atom. The first-order chi connectivity index (χ1) is 11.9. The van der Waals surface area contributed by atoms with E-state index in [-0.39, 0.29) is 11.4 Å². The predicted octanol–water partition coefficient (Wildman–Crippen LogP) is 2.53. The van der Waals surface area contributed by atoms with Crippen LogP contribution in [0.25, 0.3) is 0 Å². The standard InChI is InChI=1S/C17H17F3N4O/c18-17(19,20)12-4-1-2-6-14(12)23-8-10-24(11-9-23)15-7-3-5-13(22-15)16(21)25/h1-7H,8-11H2,(H2,21,25). The maximum absolute atomic E-state index is 13.2. The van der Waals surface area contributed by atoms with Crippen LogP contribution in [0.5, 0.6) is 0 Å². The number of rotatable bonds is 3. The average molecular weight is 350 g/mol. The Morgan fingerprint density at radius 1 is 0.960 bits per heavy atom. The first-order valence-electron chi connectivity index (χ1n) is 7.79. The van der Waals surface area contributed by atoms with Crippen LogP contribution in [0.1, 0.15) is 16.1 Å². The van der Waals surface area contributed by atoms with Crippen LogP contribution in [0.4, 0.5) is 24.7 Å². The normalized spacial score (nSPS) is 15.3. The van der Waals surface area contributed by atoms with Gasteiger partial charge in [0.05, 0.1) is 5.56 Å². The molecule has 1 aliphatic rings. The first-order valence-corrected chi connectivity index (χ1v) is 7.79. The second-order valence-corrected chi connectivity index (χ2v) is 5.73. The second-order valence-electron chi connectivity index (χ2n) is 5.73. The summed E-state index contributed by atoms with van der Waals surface area (Å²) >= 11 is 0. The van der Waals surface area contributed by atoms with Gasteiger partial charge in [-0.1, -0.05) is 18.2 Å². The van der Waals surface area contributed by atoms with E-state index in [0.29, 0.717) is 32.0 Å². The van der Waals surface area contributed by atoms with Crippen LogP contribution >= 0.6 is 0 Å². The number of alkyl halides is 3. The lowest BCUT2D eigenvalue weighted by atomic mass is 10.1. The van der Waals surface area contributed by atoms with Crippen molar-refractivity contribution in [1.29, 1.82) is 0 Å². The van der Waals surface area contributed by atoms with E-state index in [2.05, 4.69) is 4.98 Å². The van der Waals surface area contributed by atoms with Gasteiger partial charge < -0.3 is 15.5 Å². The quantitative estimate of drug-likeness (QED) is 0.924. The number of nitrogens with two attached hydrogens (primary N) is 1. The van der Waals surface area contributed by atoms with Gasteiger partial charge in [-0.3, -0.25) is 4.79 Å². The van der Waals surface area contributed by atoms with Crippen LogP contribution in [0.3, 0.4) is 0 Å². The molecule has 2 heterocycles. The molecule has 5 nitrogen and oxygen atoms in total. The maximum atomic E-state index is 13.2. The fourth-order valence-electron chi connectivity index (χ4n) is 2.90. The van der Waals surface area contributed by atoms with Crippen molar-refractivity contribution >= 4 is 17.4 Å². The minimum absolute atomic E-state index is 0.169. The molecule has 8 heteroatoms. The van der Waals surface area contributed by atoms with Crippen LogP contribution in [-0.4, -0.2) is 37.1 Å². The van der Waals surface area contributed by atoms with Gasteiger partial charge in [-0.2, -0.15) is 13.2 Å². The van der Waals surface area contributed by atoms with E-state index >= 15 is 0 Å². The Balaban J connectivity index is 1.75. The number of carbonyl (C=O) groups is 1. The number of benzene rings is 1. The van der Waals surface area contributed by atoms with Gasteiger partial charge in [0.2, 0.25) is 0 Å². The lowest BCUT2D eigenvalue weighted by molar-refractivity contribution is -0.137. The van der Waals surface area contributed by atoms with Crippen molar-refractivity contribution in [2.75, 3.05) is 36.0 Å². The summed E-state index contributed by atoms with van der Waals surface area (Å²) in [5.74, 6) is -0.0142. The number of hydrogen-bond donors (Lipinski definition) is 1. The molecule has 1 saturated heterocycles. The third kappa shape index (κ3) is 3.67. The molecule has 1 amide bonds. The largest absolute Gasteiger partial charge is 0.418 e. The number of carbonyl (C=O) groups excluding carboxylic acids is 1. The van der Waals surface area contributed by atoms with Gasteiger partial charge in [-0.25, -0.2) is 4.98 Å². The number of pyridine rings is 1. The number of amides is 1. The highest BCUT2D eigenvalue weighted by molar-refractivity contribution is 5.91. The van der Waals surface area contributed by atoms with Crippen LogP contribution < -0.4 is 15.5 Å². The second kappa shape index (κ2) is 6.62. The van der Waals surface area contributed by atoms with Gasteiger partial charge in [0.25, 0.3) is 5.91 Å². The number of hydrogen-bond acceptors (Lipinski definition) is 4. The van der Waals surface area contributed by atoms with E-state index in [9.17, 15) is 18.0 Å². The van der Waals surface area contributed by atoms with E-state index in [1.54, 1.807) is 23.1 Å². The van der Waals surface area contributed by atoms with Crippen molar-refractivity contribution in [2.45, 2.75) is 6.18 Å². The Kier molecular flexibility index (Phi) is 4.52. The van der Waals surface area contributed by atoms with E-state index in [1.807, 2.05) is 4.90 Å². The monoisotopic (exact) mass is 350 g/mol. The molecule has 0 unspecified atom stereocenters. The zero-order chi connectivity index (χ0) is 18.0. The van der Waals surface area contributed by atoms with Gasteiger partial charge in [0.15, 0.2) is 0 Å². The molecule has 0 aliphatic carbocycles. The Morgan fingerprint density at radius 3 is 2.24 bits per heavy atom. The minimum atomic E-state index is -4.38. The Bertz CT molecular complexity index is 770. The van der Waals surface area contributed by atoms with Crippen molar-refractivity contribution in [3.63, 3.8) is 0 Å². The first kappa shape index (κ1) is 17.1. The topological polar surface area (TPSA) is 62.5 Å². The Labute approximate surface area is 142 Å². The molecule has 3 rings (SSSR count). The molecule has 2 N–H and O–H groups in total. The molecule has 0 spiro atoms. The minimum Gasteiger partial charge on any atom is -0.367 e. The summed E-state index contributed by atoms with van der Waals surface area (Å²) in [5, 5.41) is 0. The zero-order valence-electron chi connectivity index (χ0n) is 13.3. The molecule has 1 fully saturated rings. The van der Waals surface area contributed by atoms with Crippen molar-refractivity contribution in [1.82, 2.24) is 4.98 Å². The summed E-state index contributed by atoms with van der Waals surface area (Å²) < 4.78 is 39.5. The fraction of sp³-hybridized carbons (Fsp3) is 0.294. The SMILES string of the molecule is NC(=O)c1cccc(N2CCN(c3ccccc3C(F)(F)F)CC2)n1. The summed E-state index contributed by atoms with van der Waals surface area (Å²) in [7, 11) is 0. The van der Waals surface area contributed by atoms with Gasteiger partial charge >= 0.3 is 6.18 Å². The van der Waals surface area contributed by atoms with Crippen LogP contribution in [0.15, 0.2) is 42.5 Å². The van der Waals surface area contributed by atoms with E-state index in [1.165, 1.54) is 18.2 Å². The molecule has 0 atom stereocenters. The maximum Gasteiger partial charge on any atom is 0.418 e. The average Bonchev–Trinajstić information content (AvgIpc) is 2.61. The molecule has 1 aliphatic heterocycles. The predicted molar refractivity (Wildman–Crippen MR) is 88.6 cm³/mol. The molecule has 0 bridgehead atoms. The molecule has 25 heavy (non-hydrogen) atoms. The molecule has 2 aromatic rings. The lowest BCUT2D eigenvalue weighted by Crippen LogP contribution is -2.47. The molecular formula is C17H17F3N4O.